The van der Waals surface area contributed by atoms with E-state index in [0.29, 0.717) is 5.75 Å². The van der Waals surface area contributed by atoms with E-state index in [1.807, 2.05) is 0 Å². The van der Waals surface area contributed by atoms with Crippen LogP contribution in [-0.4, -0.2) is 17.7 Å². The second-order valence-electron chi connectivity index (χ2n) is 2.96. The molecule has 0 aromatic heterocycles. The van der Waals surface area contributed by atoms with E-state index >= 15 is 0 Å². The lowest BCUT2D eigenvalue weighted by Gasteiger charge is -2.09. The molecule has 0 heterocycles. The molecule has 0 saturated carbocycles. The lowest BCUT2D eigenvalue weighted by molar-refractivity contribution is -0.131. The summed E-state index contributed by atoms with van der Waals surface area (Å²) in [5, 5.41) is 8.83. The van der Waals surface area contributed by atoms with Gasteiger partial charge in [0, 0.05) is 6.92 Å². The van der Waals surface area contributed by atoms with Crippen molar-refractivity contribution >= 4 is 5.97 Å². The molecule has 1 atom stereocenters. The van der Waals surface area contributed by atoms with Gasteiger partial charge in [0.1, 0.15) is 5.75 Å². The fourth-order valence-corrected chi connectivity index (χ4v) is 1.08. The quantitative estimate of drug-likeness (QED) is 0.547. The molecule has 4 nitrogen and oxygen atoms in total. The Hall–Kier alpha value is -1.39. The summed E-state index contributed by atoms with van der Waals surface area (Å²) >= 11 is 0. The Morgan fingerprint density at radius 3 is 2.93 bits per heavy atom. The highest BCUT2D eigenvalue weighted by molar-refractivity contribution is 5.69. The van der Waals surface area contributed by atoms with Crippen molar-refractivity contribution in [2.24, 2.45) is 5.73 Å². The first-order valence-electron chi connectivity index (χ1n) is 4.28. The maximum atomic E-state index is 10.7. The highest BCUT2D eigenvalue weighted by Crippen LogP contribution is 2.17. The van der Waals surface area contributed by atoms with Gasteiger partial charge in [-0.25, -0.2) is 0 Å². The molecular formula is C10H13NO3. The predicted molar refractivity (Wildman–Crippen MR) is 51.8 cm³/mol. The first kappa shape index (κ1) is 10.7. The van der Waals surface area contributed by atoms with Crippen LogP contribution < -0.4 is 10.5 Å². The number of rotatable bonds is 3. The van der Waals surface area contributed by atoms with Crippen LogP contribution in [0, 0.1) is 0 Å². The molecule has 1 rings (SSSR count). The Labute approximate surface area is 82.3 Å². The van der Waals surface area contributed by atoms with Gasteiger partial charge in [-0.3, -0.25) is 4.79 Å². The predicted octanol–water partition coefficient (Wildman–Crippen LogP) is 0.604. The SMILES string of the molecule is CC(=O)Oc1cccc(C(N)CO)c1. The van der Waals surface area contributed by atoms with Crippen LogP contribution in [0.3, 0.4) is 0 Å². The third kappa shape index (κ3) is 2.83. The molecule has 0 saturated heterocycles. The molecule has 0 radical (unpaired) electrons. The van der Waals surface area contributed by atoms with Crippen LogP contribution >= 0.6 is 0 Å². The molecule has 0 aliphatic heterocycles. The summed E-state index contributed by atoms with van der Waals surface area (Å²) in [7, 11) is 0. The number of benzene rings is 1. The van der Waals surface area contributed by atoms with Gasteiger partial charge in [0.15, 0.2) is 0 Å². The second-order valence-corrected chi connectivity index (χ2v) is 2.96. The highest BCUT2D eigenvalue weighted by Gasteiger charge is 2.05. The van der Waals surface area contributed by atoms with Gasteiger partial charge in [-0.05, 0) is 17.7 Å². The van der Waals surface area contributed by atoms with Gasteiger partial charge < -0.3 is 15.6 Å². The molecule has 3 N–H and O–H groups in total. The van der Waals surface area contributed by atoms with E-state index in [9.17, 15) is 4.79 Å². The van der Waals surface area contributed by atoms with Crippen molar-refractivity contribution in [1.82, 2.24) is 0 Å². The summed E-state index contributed by atoms with van der Waals surface area (Å²) in [6.07, 6.45) is 0. The van der Waals surface area contributed by atoms with E-state index < -0.39 is 6.04 Å². The van der Waals surface area contributed by atoms with E-state index in [4.69, 9.17) is 15.6 Å². The zero-order chi connectivity index (χ0) is 10.6. The topological polar surface area (TPSA) is 72.5 Å². The summed E-state index contributed by atoms with van der Waals surface area (Å²) in [6.45, 7) is 1.20. The molecule has 1 aromatic carbocycles. The van der Waals surface area contributed by atoms with Gasteiger partial charge in [-0.1, -0.05) is 12.1 Å². The van der Waals surface area contributed by atoms with Gasteiger partial charge in [0.25, 0.3) is 0 Å². The Kier molecular flexibility index (Phi) is 3.62. The van der Waals surface area contributed by atoms with Crippen molar-refractivity contribution < 1.29 is 14.6 Å². The smallest absolute Gasteiger partial charge is 0.308 e. The first-order chi connectivity index (χ1) is 6.63. The van der Waals surface area contributed by atoms with E-state index in [2.05, 4.69) is 0 Å². The molecule has 1 aromatic rings. The lowest BCUT2D eigenvalue weighted by atomic mass is 10.1. The second kappa shape index (κ2) is 4.74. The maximum absolute atomic E-state index is 10.7. The molecule has 14 heavy (non-hydrogen) atoms. The van der Waals surface area contributed by atoms with Crippen molar-refractivity contribution in [2.75, 3.05) is 6.61 Å². The Balaban J connectivity index is 2.83. The fraction of sp³-hybridized carbons (Fsp3) is 0.300. The zero-order valence-electron chi connectivity index (χ0n) is 7.93. The third-order valence-electron chi connectivity index (χ3n) is 1.74. The largest absolute Gasteiger partial charge is 0.427 e. The van der Waals surface area contributed by atoms with E-state index in [0.717, 1.165) is 5.56 Å². The van der Waals surface area contributed by atoms with Crippen LogP contribution in [0.5, 0.6) is 5.75 Å². The highest BCUT2D eigenvalue weighted by atomic mass is 16.5. The van der Waals surface area contributed by atoms with E-state index in [1.54, 1.807) is 24.3 Å². The van der Waals surface area contributed by atoms with Crippen LogP contribution in [0.4, 0.5) is 0 Å². The summed E-state index contributed by atoms with van der Waals surface area (Å²) in [6, 6.07) is 6.36. The minimum absolute atomic E-state index is 0.135. The Morgan fingerprint density at radius 2 is 2.36 bits per heavy atom. The Bertz CT molecular complexity index is 325. The fourth-order valence-electron chi connectivity index (χ4n) is 1.08. The summed E-state index contributed by atoms with van der Waals surface area (Å²) in [5.74, 6) is 0.0682. The summed E-state index contributed by atoms with van der Waals surface area (Å²) < 4.78 is 4.87. The van der Waals surface area contributed by atoms with Crippen LogP contribution in [0.1, 0.15) is 18.5 Å². The molecule has 0 fully saturated rings. The van der Waals surface area contributed by atoms with Crippen LogP contribution in [0.2, 0.25) is 0 Å². The molecule has 0 aliphatic rings. The lowest BCUT2D eigenvalue weighted by Crippen LogP contribution is -2.14. The number of hydrogen-bond donors (Lipinski definition) is 2. The van der Waals surface area contributed by atoms with Crippen molar-refractivity contribution in [3.8, 4) is 5.75 Å². The van der Waals surface area contributed by atoms with Crippen LogP contribution in [-0.2, 0) is 4.79 Å². The first-order valence-corrected chi connectivity index (χ1v) is 4.28. The van der Waals surface area contributed by atoms with Gasteiger partial charge in [-0.2, -0.15) is 0 Å². The van der Waals surface area contributed by atoms with Gasteiger partial charge in [0.2, 0.25) is 0 Å². The third-order valence-corrected chi connectivity index (χ3v) is 1.74. The minimum Gasteiger partial charge on any atom is -0.427 e. The monoisotopic (exact) mass is 195 g/mol. The van der Waals surface area contributed by atoms with Crippen molar-refractivity contribution in [2.45, 2.75) is 13.0 Å². The standard InChI is InChI=1S/C10H13NO3/c1-7(13)14-9-4-2-3-8(5-9)10(11)6-12/h2-5,10,12H,6,11H2,1H3. The summed E-state index contributed by atoms with van der Waals surface area (Å²) in [5.41, 5.74) is 6.35. The van der Waals surface area contributed by atoms with Crippen LogP contribution in [0.15, 0.2) is 24.3 Å². The number of carbonyl (C=O) groups excluding carboxylic acids is 1. The average molecular weight is 195 g/mol. The average Bonchev–Trinajstić information content (AvgIpc) is 2.16. The van der Waals surface area contributed by atoms with Gasteiger partial charge in [-0.15, -0.1) is 0 Å². The van der Waals surface area contributed by atoms with Crippen molar-refractivity contribution in [3.63, 3.8) is 0 Å². The normalized spacial score (nSPS) is 12.2. The molecule has 76 valence electrons. The Morgan fingerprint density at radius 1 is 1.64 bits per heavy atom. The van der Waals surface area contributed by atoms with Crippen molar-refractivity contribution in [3.05, 3.63) is 29.8 Å². The zero-order valence-corrected chi connectivity index (χ0v) is 7.93. The number of nitrogens with two attached hydrogens (primary N) is 1. The maximum Gasteiger partial charge on any atom is 0.308 e. The molecule has 0 amide bonds. The molecule has 1 unspecified atom stereocenters. The van der Waals surface area contributed by atoms with Gasteiger partial charge in [0.05, 0.1) is 12.6 Å². The number of esters is 1. The van der Waals surface area contributed by atoms with Crippen molar-refractivity contribution in [1.29, 1.82) is 0 Å². The molecule has 0 aliphatic carbocycles. The van der Waals surface area contributed by atoms with E-state index in [1.165, 1.54) is 6.92 Å². The number of aliphatic hydroxyl groups is 1. The number of ether oxygens (including phenoxy) is 1. The number of carbonyl (C=O) groups is 1. The number of hydrogen-bond acceptors (Lipinski definition) is 4. The molecule has 0 bridgehead atoms. The number of aliphatic hydroxyl groups excluding tert-OH is 1. The van der Waals surface area contributed by atoms with E-state index in [-0.39, 0.29) is 12.6 Å². The molecule has 4 heteroatoms. The van der Waals surface area contributed by atoms with Gasteiger partial charge >= 0.3 is 5.97 Å². The molecule has 0 spiro atoms. The molecular weight excluding hydrogens is 182 g/mol. The van der Waals surface area contributed by atoms with Crippen LogP contribution in [0.25, 0.3) is 0 Å². The summed E-state index contributed by atoms with van der Waals surface area (Å²) in [4.78, 5) is 10.7. The minimum atomic E-state index is -0.439.